The van der Waals surface area contributed by atoms with E-state index in [4.69, 9.17) is 9.05 Å². The molecule has 0 amide bonds. The minimum Gasteiger partial charge on any atom is -0.361 e. The van der Waals surface area contributed by atoms with Crippen LogP contribution in [-0.2, 0) is 13.1 Å². The summed E-state index contributed by atoms with van der Waals surface area (Å²) in [7, 11) is 1.70. The van der Waals surface area contributed by atoms with Crippen molar-refractivity contribution in [3.8, 4) is 0 Å². The molecule has 0 aromatic carbocycles. The van der Waals surface area contributed by atoms with Crippen molar-refractivity contribution in [1.82, 2.24) is 25.9 Å². The van der Waals surface area contributed by atoms with E-state index in [2.05, 4.69) is 30.9 Å². The van der Waals surface area contributed by atoms with Gasteiger partial charge < -0.3 is 19.7 Å². The first-order chi connectivity index (χ1) is 9.60. The van der Waals surface area contributed by atoms with Crippen LogP contribution in [0.1, 0.15) is 28.7 Å². The second-order valence-electron chi connectivity index (χ2n) is 4.31. The van der Waals surface area contributed by atoms with Crippen molar-refractivity contribution in [2.24, 2.45) is 4.99 Å². The summed E-state index contributed by atoms with van der Waals surface area (Å²) in [6.45, 7) is 6.58. The molecule has 0 bridgehead atoms. The quantitative estimate of drug-likeness (QED) is 0.631. The maximum Gasteiger partial charge on any atom is 0.223 e. The van der Waals surface area contributed by atoms with Gasteiger partial charge in [-0.3, -0.25) is 4.99 Å². The lowest BCUT2D eigenvalue weighted by molar-refractivity contribution is 0.387. The van der Waals surface area contributed by atoms with Crippen LogP contribution in [0.15, 0.2) is 14.0 Å². The predicted molar refractivity (Wildman–Crippen MR) is 72.1 cm³/mol. The molecule has 0 saturated heterocycles. The molecule has 0 radical (unpaired) electrons. The summed E-state index contributed by atoms with van der Waals surface area (Å²) >= 11 is 0. The van der Waals surface area contributed by atoms with Crippen molar-refractivity contribution in [1.29, 1.82) is 0 Å². The van der Waals surface area contributed by atoms with Crippen molar-refractivity contribution < 1.29 is 9.05 Å². The van der Waals surface area contributed by atoms with E-state index in [-0.39, 0.29) is 0 Å². The fourth-order valence-electron chi connectivity index (χ4n) is 1.72. The second-order valence-corrected chi connectivity index (χ2v) is 4.31. The summed E-state index contributed by atoms with van der Waals surface area (Å²) in [4.78, 5) is 8.23. The SMILES string of the molecule is CN=C(NCc1noc(C)n1)NCc1c(C)noc1C. The lowest BCUT2D eigenvalue weighted by Gasteiger charge is -2.10. The van der Waals surface area contributed by atoms with Crippen molar-refractivity contribution in [3.05, 3.63) is 28.7 Å². The van der Waals surface area contributed by atoms with E-state index in [1.165, 1.54) is 0 Å². The maximum atomic E-state index is 5.11. The van der Waals surface area contributed by atoms with Gasteiger partial charge in [-0.05, 0) is 13.8 Å². The fraction of sp³-hybridized carbons (Fsp3) is 0.500. The highest BCUT2D eigenvalue weighted by Crippen LogP contribution is 2.11. The number of nitrogens with zero attached hydrogens (tertiary/aromatic N) is 4. The molecule has 20 heavy (non-hydrogen) atoms. The van der Waals surface area contributed by atoms with Gasteiger partial charge in [0, 0.05) is 26.1 Å². The summed E-state index contributed by atoms with van der Waals surface area (Å²) in [6.07, 6.45) is 0. The van der Waals surface area contributed by atoms with Crippen molar-refractivity contribution >= 4 is 5.96 Å². The normalized spacial score (nSPS) is 11.7. The average molecular weight is 278 g/mol. The molecule has 0 aliphatic rings. The Morgan fingerprint density at radius 2 is 1.85 bits per heavy atom. The molecule has 0 fully saturated rings. The van der Waals surface area contributed by atoms with Gasteiger partial charge in [0.1, 0.15) is 5.76 Å². The molecule has 8 nitrogen and oxygen atoms in total. The predicted octanol–water partition coefficient (Wildman–Crippen LogP) is 0.848. The van der Waals surface area contributed by atoms with Gasteiger partial charge >= 0.3 is 0 Å². The Bertz CT molecular complexity index is 581. The highest BCUT2D eigenvalue weighted by atomic mass is 16.5. The van der Waals surface area contributed by atoms with E-state index in [1.807, 2.05) is 13.8 Å². The van der Waals surface area contributed by atoms with E-state index >= 15 is 0 Å². The molecule has 8 heteroatoms. The van der Waals surface area contributed by atoms with Gasteiger partial charge in [0.25, 0.3) is 0 Å². The molecule has 0 spiro atoms. The minimum absolute atomic E-state index is 0.443. The van der Waals surface area contributed by atoms with E-state index < -0.39 is 0 Å². The molecular formula is C12H18N6O2. The summed E-state index contributed by atoms with van der Waals surface area (Å²) < 4.78 is 10.0. The first kappa shape index (κ1) is 14.0. The smallest absolute Gasteiger partial charge is 0.223 e. The maximum absolute atomic E-state index is 5.11. The monoisotopic (exact) mass is 278 g/mol. The van der Waals surface area contributed by atoms with Gasteiger partial charge in [-0.2, -0.15) is 4.98 Å². The van der Waals surface area contributed by atoms with Crippen LogP contribution in [0.3, 0.4) is 0 Å². The average Bonchev–Trinajstić information content (AvgIpc) is 2.98. The zero-order valence-electron chi connectivity index (χ0n) is 12.0. The lowest BCUT2D eigenvalue weighted by Crippen LogP contribution is -2.36. The Morgan fingerprint density at radius 1 is 1.10 bits per heavy atom. The molecule has 2 aromatic rings. The highest BCUT2D eigenvalue weighted by molar-refractivity contribution is 5.79. The fourth-order valence-corrected chi connectivity index (χ4v) is 1.72. The molecule has 108 valence electrons. The van der Waals surface area contributed by atoms with Gasteiger partial charge in [0.05, 0.1) is 12.2 Å². The van der Waals surface area contributed by atoms with Crippen LogP contribution in [0.2, 0.25) is 0 Å². The van der Waals surface area contributed by atoms with Crippen molar-refractivity contribution in [2.45, 2.75) is 33.9 Å². The molecule has 0 aliphatic heterocycles. The molecule has 0 saturated carbocycles. The molecule has 2 heterocycles. The third-order valence-corrected chi connectivity index (χ3v) is 2.82. The first-order valence-electron chi connectivity index (χ1n) is 6.25. The molecule has 0 unspecified atom stereocenters. The number of aromatic nitrogens is 3. The Kier molecular flexibility index (Phi) is 4.34. The zero-order valence-corrected chi connectivity index (χ0v) is 12.0. The van der Waals surface area contributed by atoms with Crippen LogP contribution >= 0.6 is 0 Å². The Hall–Kier alpha value is -2.38. The Labute approximate surface area is 116 Å². The van der Waals surface area contributed by atoms with Gasteiger partial charge in [0.15, 0.2) is 11.8 Å². The van der Waals surface area contributed by atoms with Gasteiger partial charge in [-0.1, -0.05) is 10.3 Å². The first-order valence-corrected chi connectivity index (χ1v) is 6.25. The molecule has 2 rings (SSSR count). The summed E-state index contributed by atoms with van der Waals surface area (Å²) in [5.74, 6) is 2.58. The Balaban J connectivity index is 1.87. The van der Waals surface area contributed by atoms with Crippen LogP contribution in [0.5, 0.6) is 0 Å². The van der Waals surface area contributed by atoms with Crippen LogP contribution in [0, 0.1) is 20.8 Å². The highest BCUT2D eigenvalue weighted by Gasteiger charge is 2.09. The van der Waals surface area contributed by atoms with Crippen LogP contribution in [0.4, 0.5) is 0 Å². The topological polar surface area (TPSA) is 101 Å². The molecule has 2 aromatic heterocycles. The minimum atomic E-state index is 0.443. The number of guanidine groups is 1. The number of nitrogens with one attached hydrogen (secondary N) is 2. The van der Waals surface area contributed by atoms with Gasteiger partial charge in [0.2, 0.25) is 5.89 Å². The third-order valence-electron chi connectivity index (χ3n) is 2.82. The lowest BCUT2D eigenvalue weighted by atomic mass is 10.2. The van der Waals surface area contributed by atoms with Gasteiger partial charge in [-0.25, -0.2) is 0 Å². The third kappa shape index (κ3) is 3.34. The van der Waals surface area contributed by atoms with E-state index in [0.717, 1.165) is 17.0 Å². The number of aliphatic imine (C=N–C) groups is 1. The largest absolute Gasteiger partial charge is 0.361 e. The summed E-state index contributed by atoms with van der Waals surface area (Å²) in [6, 6.07) is 0. The molecule has 2 N–H and O–H groups in total. The van der Waals surface area contributed by atoms with E-state index in [9.17, 15) is 0 Å². The van der Waals surface area contributed by atoms with Crippen molar-refractivity contribution in [2.75, 3.05) is 7.05 Å². The summed E-state index contributed by atoms with van der Waals surface area (Å²) in [5, 5.41) is 14.0. The zero-order chi connectivity index (χ0) is 14.5. The standard InChI is InChI=1S/C12H18N6O2/c1-7-10(8(2)19-17-7)5-14-12(13-4)15-6-11-16-9(3)20-18-11/h5-6H2,1-4H3,(H2,13,14,15). The van der Waals surface area contributed by atoms with Gasteiger partial charge in [-0.15, -0.1) is 0 Å². The number of hydrogen-bond donors (Lipinski definition) is 2. The number of rotatable bonds is 4. The van der Waals surface area contributed by atoms with E-state index in [0.29, 0.717) is 30.8 Å². The number of hydrogen-bond acceptors (Lipinski definition) is 6. The van der Waals surface area contributed by atoms with E-state index in [1.54, 1.807) is 14.0 Å². The van der Waals surface area contributed by atoms with Crippen LogP contribution in [-0.4, -0.2) is 28.3 Å². The molecule has 0 aliphatic carbocycles. The Morgan fingerprint density at radius 3 is 2.40 bits per heavy atom. The van der Waals surface area contributed by atoms with Crippen LogP contribution in [0.25, 0.3) is 0 Å². The van der Waals surface area contributed by atoms with Crippen molar-refractivity contribution in [3.63, 3.8) is 0 Å². The molecular weight excluding hydrogens is 260 g/mol. The summed E-state index contributed by atoms with van der Waals surface area (Å²) in [5.41, 5.74) is 1.91. The second kappa shape index (κ2) is 6.18. The van der Waals surface area contributed by atoms with Crippen LogP contribution < -0.4 is 10.6 Å². The number of aryl methyl sites for hydroxylation is 3. The molecule has 0 atom stereocenters.